The number of nitrogens with zero attached hydrogens (tertiary/aromatic N) is 1. The fourth-order valence-electron chi connectivity index (χ4n) is 1.60. The van der Waals surface area contributed by atoms with Crippen molar-refractivity contribution < 1.29 is 20.7 Å². The monoisotopic (exact) mass is 410 g/mol. The second-order valence-corrected chi connectivity index (χ2v) is 5.15. The van der Waals surface area contributed by atoms with Gasteiger partial charge < -0.3 is 25.6 Å². The fourth-order valence-corrected chi connectivity index (χ4v) is 1.60. The van der Waals surface area contributed by atoms with Gasteiger partial charge in [0.15, 0.2) is 0 Å². The molecule has 0 radical (unpaired) electrons. The zero-order chi connectivity index (χ0) is 15.9. The van der Waals surface area contributed by atoms with Gasteiger partial charge in [-0.2, -0.15) is 0 Å². The number of amides is 1. The highest BCUT2D eigenvalue weighted by Crippen LogP contribution is 2.27. The van der Waals surface area contributed by atoms with E-state index >= 15 is 0 Å². The minimum Gasteiger partial charge on any atom is -0.530 e. The molecule has 0 heterocycles. The lowest BCUT2D eigenvalue weighted by Gasteiger charge is -2.23. The molecule has 1 aromatic rings. The molecule has 0 aliphatic rings. The summed E-state index contributed by atoms with van der Waals surface area (Å²) in [7, 11) is 2.82. The third-order valence-electron chi connectivity index (χ3n) is 3.54. The maximum atomic E-state index is 9.63. The molecule has 0 saturated heterocycles. The van der Waals surface area contributed by atoms with E-state index in [0.717, 1.165) is 28.9 Å². The van der Waals surface area contributed by atoms with Crippen LogP contribution in [0.25, 0.3) is 0 Å². The van der Waals surface area contributed by atoms with Gasteiger partial charge in [-0.1, -0.05) is 26.0 Å². The van der Waals surface area contributed by atoms with Crippen molar-refractivity contribution in [3.8, 4) is 5.75 Å². The van der Waals surface area contributed by atoms with Crippen molar-refractivity contribution in [2.45, 2.75) is 39.2 Å². The minimum atomic E-state index is -1.16. The van der Waals surface area contributed by atoms with Crippen LogP contribution in [-0.4, -0.2) is 30.2 Å². The molecule has 1 aromatic carbocycles. The van der Waals surface area contributed by atoms with E-state index in [1.165, 1.54) is 14.1 Å². The third-order valence-corrected chi connectivity index (χ3v) is 3.54. The fraction of sp³-hybridized carbons (Fsp3) is 0.533. The number of aromatic hydroxyl groups is 1. The Balaban J connectivity index is 0. The zero-order valence-corrected chi connectivity index (χ0v) is 15.8. The summed E-state index contributed by atoms with van der Waals surface area (Å²) < 4.78 is 0. The number of phenols is 1. The number of aryl methyl sites for hydroxylation is 1. The topological polar surface area (TPSA) is 91.2 Å². The van der Waals surface area contributed by atoms with Crippen LogP contribution in [0.1, 0.15) is 37.8 Å². The Hall–Kier alpha value is -1.02. The summed E-state index contributed by atoms with van der Waals surface area (Å²) in [5.41, 5.74) is 6.24. The number of rotatable bonds is 3. The van der Waals surface area contributed by atoms with Gasteiger partial charge in [-0.25, -0.2) is 0 Å². The number of hydrogen-bond acceptors (Lipinski definition) is 3. The molecule has 122 valence electrons. The summed E-state index contributed by atoms with van der Waals surface area (Å²) in [6.45, 7) is 6.17. The van der Waals surface area contributed by atoms with E-state index in [2.05, 4.69) is 25.6 Å². The summed E-state index contributed by atoms with van der Waals surface area (Å²) in [6, 6.07) is 5.86. The van der Waals surface area contributed by atoms with Gasteiger partial charge >= 0.3 is 0 Å². The van der Waals surface area contributed by atoms with E-state index in [0.29, 0.717) is 5.75 Å². The van der Waals surface area contributed by atoms with Gasteiger partial charge in [-0.05, 0) is 18.6 Å². The van der Waals surface area contributed by atoms with Crippen LogP contribution < -0.4 is 10.8 Å². The van der Waals surface area contributed by atoms with Crippen molar-refractivity contribution in [3.05, 3.63) is 29.3 Å². The Kier molecular flexibility index (Phi) is 10.4. The minimum absolute atomic E-state index is 0. The largest absolute Gasteiger partial charge is 0.530 e. The lowest BCUT2D eigenvalue weighted by molar-refractivity contribution is -0.490. The first-order chi connectivity index (χ1) is 9.17. The molecule has 0 aliphatic carbocycles. The predicted molar refractivity (Wildman–Crippen MR) is 92.5 cm³/mol. The van der Waals surface area contributed by atoms with Crippen LogP contribution in [0.15, 0.2) is 18.2 Å². The summed E-state index contributed by atoms with van der Waals surface area (Å²) in [6.07, 6.45) is 0.827. The molecule has 4 N–H and O–H groups in total. The van der Waals surface area contributed by atoms with Crippen LogP contribution in [-0.2, 0) is 5.54 Å². The van der Waals surface area contributed by atoms with Gasteiger partial charge in [0, 0.05) is 32.5 Å². The van der Waals surface area contributed by atoms with E-state index in [9.17, 15) is 15.0 Å². The number of hydrogen-bond donors (Lipinski definition) is 2. The summed E-state index contributed by atoms with van der Waals surface area (Å²) >= 11 is 0. The normalized spacial score (nSPS) is 10.0. The number of quaternary nitrogens is 1. The van der Waals surface area contributed by atoms with Crippen molar-refractivity contribution in [1.82, 2.24) is 4.90 Å². The van der Waals surface area contributed by atoms with Gasteiger partial charge in [-0.15, -0.1) is 24.0 Å². The van der Waals surface area contributed by atoms with Crippen molar-refractivity contribution >= 4 is 30.1 Å². The molecule has 0 atom stereocenters. The Bertz CT molecular complexity index is 447. The van der Waals surface area contributed by atoms with E-state index < -0.39 is 6.09 Å². The van der Waals surface area contributed by atoms with Crippen molar-refractivity contribution in [3.63, 3.8) is 0 Å². The van der Waals surface area contributed by atoms with Crippen molar-refractivity contribution in [1.29, 1.82) is 0 Å². The van der Waals surface area contributed by atoms with Gasteiger partial charge in [0.25, 0.3) is 0 Å². The number of phenolic OH excluding ortho intramolecular Hbond substituents is 1. The first-order valence-corrected chi connectivity index (χ1v) is 6.71. The second kappa shape index (κ2) is 9.83. The van der Waals surface area contributed by atoms with Crippen LogP contribution in [0.5, 0.6) is 5.75 Å². The van der Waals surface area contributed by atoms with Crippen LogP contribution in [0, 0.1) is 6.92 Å². The molecule has 21 heavy (non-hydrogen) atoms. The predicted octanol–water partition coefficient (Wildman–Crippen LogP) is 1.47. The number of benzene rings is 1. The average Bonchev–Trinajstić information content (AvgIpc) is 2.41. The molecule has 0 saturated carbocycles. The highest BCUT2D eigenvalue weighted by atomic mass is 127. The van der Waals surface area contributed by atoms with Crippen LogP contribution in [0.4, 0.5) is 4.79 Å². The molecule has 0 aromatic heterocycles. The molecule has 1 rings (SSSR count). The van der Waals surface area contributed by atoms with Gasteiger partial charge in [0.1, 0.15) is 17.4 Å². The molecule has 5 nitrogen and oxygen atoms in total. The lowest BCUT2D eigenvalue weighted by Crippen LogP contribution is -2.69. The molecule has 1 amide bonds. The molecule has 6 heteroatoms. The number of carbonyl (C=O) groups is 1. The maximum Gasteiger partial charge on any atom is 0.136 e. The maximum absolute atomic E-state index is 9.63. The van der Waals surface area contributed by atoms with Gasteiger partial charge in [0.05, 0.1) is 0 Å². The molecule has 0 bridgehead atoms. The van der Waals surface area contributed by atoms with Crippen LogP contribution in [0.3, 0.4) is 0 Å². The van der Waals surface area contributed by atoms with Crippen molar-refractivity contribution in [2.75, 3.05) is 14.1 Å². The molecular weight excluding hydrogens is 383 g/mol. The first kappa shape index (κ1) is 22.3. The van der Waals surface area contributed by atoms with Crippen LogP contribution in [0.2, 0.25) is 0 Å². The Morgan fingerprint density at radius 3 is 2.05 bits per heavy atom. The molecule has 0 aliphatic heterocycles. The van der Waals surface area contributed by atoms with Crippen LogP contribution >= 0.6 is 24.0 Å². The van der Waals surface area contributed by atoms with E-state index in [1.807, 2.05) is 19.1 Å². The van der Waals surface area contributed by atoms with Crippen molar-refractivity contribution in [2.24, 2.45) is 0 Å². The molecule has 0 spiro atoms. The van der Waals surface area contributed by atoms with E-state index in [4.69, 9.17) is 0 Å². The highest BCUT2D eigenvalue weighted by molar-refractivity contribution is 14.0. The van der Waals surface area contributed by atoms with E-state index in [1.54, 1.807) is 0 Å². The summed E-state index contributed by atoms with van der Waals surface area (Å²) in [5.74, 6) is 0.373. The number of carbonyl (C=O) groups excluding carboxylic acids is 1. The molecule has 0 unspecified atom stereocenters. The Labute approximate surface area is 144 Å². The second-order valence-electron chi connectivity index (χ2n) is 5.15. The van der Waals surface area contributed by atoms with Gasteiger partial charge in [-0.3, -0.25) is 0 Å². The average molecular weight is 410 g/mol. The van der Waals surface area contributed by atoms with E-state index in [-0.39, 0.29) is 29.5 Å². The van der Waals surface area contributed by atoms with Gasteiger partial charge in [0.2, 0.25) is 0 Å². The molecular formula is C15H27IN2O3. The third kappa shape index (κ3) is 6.99. The number of halogens is 1. The smallest absolute Gasteiger partial charge is 0.136 e. The summed E-state index contributed by atoms with van der Waals surface area (Å²) in [4.78, 5) is 10.5. The quantitative estimate of drug-likeness (QED) is 0.740. The Morgan fingerprint density at radius 2 is 1.76 bits per heavy atom. The zero-order valence-electron chi connectivity index (χ0n) is 13.5. The first-order valence-electron chi connectivity index (χ1n) is 6.71. The number of carboxylic acid groups (broad SMARTS) is 1. The lowest BCUT2D eigenvalue weighted by atomic mass is 9.85. The molecule has 0 fully saturated rings. The highest BCUT2D eigenvalue weighted by Gasteiger charge is 2.27. The Morgan fingerprint density at radius 1 is 1.33 bits per heavy atom. The summed E-state index contributed by atoms with van der Waals surface area (Å²) in [5, 5.41) is 19.1. The standard InChI is InChI=1S/C12H19NO.C3H7NO2.HI/c1-4-12(13,5-2)10-7-6-9(3)11(14)8-10;1-4(2)3(5)6;/h6-8,14H,4-5,13H2,1-3H3;1-2H3,(H,5,6);1H. The SMILES string of the molecule is CCC([NH3+])(CC)c1ccc(C)c(O)c1.CN(C)C(=O)[O-].I.